The van der Waals surface area contributed by atoms with Gasteiger partial charge >= 0.3 is 0 Å². The van der Waals surface area contributed by atoms with Crippen LogP contribution in [0.2, 0.25) is 0 Å². The molecule has 0 spiro atoms. The SMILES string of the molecule is CCC(C)(C#N)C(O)c1cc(C)ccc1F. The molecule has 0 amide bonds. The van der Waals surface area contributed by atoms with E-state index in [2.05, 4.69) is 6.07 Å². The molecule has 1 rings (SSSR count). The minimum absolute atomic E-state index is 0.200. The molecule has 2 unspecified atom stereocenters. The van der Waals surface area contributed by atoms with E-state index in [-0.39, 0.29) is 5.56 Å². The first-order chi connectivity index (χ1) is 7.44. The largest absolute Gasteiger partial charge is 0.387 e. The Kier molecular flexibility index (Phi) is 3.66. The zero-order valence-corrected chi connectivity index (χ0v) is 9.79. The van der Waals surface area contributed by atoms with Gasteiger partial charge in [0.1, 0.15) is 11.9 Å². The molecule has 0 bridgehead atoms. The summed E-state index contributed by atoms with van der Waals surface area (Å²) in [6, 6.07) is 6.61. The number of aliphatic hydroxyl groups excluding tert-OH is 1. The van der Waals surface area contributed by atoms with Crippen LogP contribution in [-0.4, -0.2) is 5.11 Å². The number of hydrogen-bond acceptors (Lipinski definition) is 2. The molecule has 0 heterocycles. The Hall–Kier alpha value is -1.40. The molecule has 0 radical (unpaired) electrons. The second-order valence-corrected chi connectivity index (χ2v) is 4.31. The highest BCUT2D eigenvalue weighted by Crippen LogP contribution is 2.37. The third-order valence-electron chi connectivity index (χ3n) is 3.04. The quantitative estimate of drug-likeness (QED) is 0.852. The van der Waals surface area contributed by atoms with E-state index < -0.39 is 17.3 Å². The molecule has 0 fully saturated rings. The van der Waals surface area contributed by atoms with Crippen LogP contribution in [0.4, 0.5) is 4.39 Å². The molecule has 0 aliphatic rings. The number of nitrogens with zero attached hydrogens (tertiary/aromatic N) is 1. The molecule has 1 aromatic carbocycles. The average Bonchev–Trinajstić information content (AvgIpc) is 2.30. The van der Waals surface area contributed by atoms with Gasteiger partial charge in [0.2, 0.25) is 0 Å². The van der Waals surface area contributed by atoms with E-state index in [9.17, 15) is 9.50 Å². The normalized spacial score (nSPS) is 16.2. The lowest BCUT2D eigenvalue weighted by Gasteiger charge is -2.26. The topological polar surface area (TPSA) is 44.0 Å². The van der Waals surface area contributed by atoms with Gasteiger partial charge in [0.05, 0.1) is 11.5 Å². The van der Waals surface area contributed by atoms with Gasteiger partial charge < -0.3 is 5.11 Å². The molecule has 3 heteroatoms. The fourth-order valence-corrected chi connectivity index (χ4v) is 1.55. The molecule has 0 aliphatic carbocycles. The number of nitriles is 1. The first-order valence-electron chi connectivity index (χ1n) is 5.30. The maximum absolute atomic E-state index is 13.6. The summed E-state index contributed by atoms with van der Waals surface area (Å²) in [6.07, 6.45) is -0.625. The second-order valence-electron chi connectivity index (χ2n) is 4.31. The first kappa shape index (κ1) is 12.7. The van der Waals surface area contributed by atoms with Gasteiger partial charge in [-0.15, -0.1) is 0 Å². The molecule has 0 saturated carbocycles. The Labute approximate surface area is 95.3 Å². The van der Waals surface area contributed by atoms with Crippen LogP contribution < -0.4 is 0 Å². The third-order valence-corrected chi connectivity index (χ3v) is 3.04. The monoisotopic (exact) mass is 221 g/mol. The van der Waals surface area contributed by atoms with Crippen molar-refractivity contribution in [3.63, 3.8) is 0 Å². The van der Waals surface area contributed by atoms with Crippen LogP contribution in [0.5, 0.6) is 0 Å². The van der Waals surface area contributed by atoms with Crippen molar-refractivity contribution in [2.75, 3.05) is 0 Å². The van der Waals surface area contributed by atoms with Crippen molar-refractivity contribution in [2.45, 2.75) is 33.3 Å². The van der Waals surface area contributed by atoms with Crippen LogP contribution in [0.25, 0.3) is 0 Å². The zero-order chi connectivity index (χ0) is 12.3. The third kappa shape index (κ3) is 2.23. The molecule has 0 saturated heterocycles. The van der Waals surface area contributed by atoms with Gasteiger partial charge in [-0.3, -0.25) is 0 Å². The summed E-state index contributed by atoms with van der Waals surface area (Å²) in [6.45, 7) is 5.27. The van der Waals surface area contributed by atoms with Crippen LogP contribution in [0.1, 0.15) is 37.5 Å². The predicted molar refractivity (Wildman–Crippen MR) is 60.1 cm³/mol. The lowest BCUT2D eigenvalue weighted by Crippen LogP contribution is -2.23. The van der Waals surface area contributed by atoms with Crippen molar-refractivity contribution in [1.29, 1.82) is 5.26 Å². The minimum Gasteiger partial charge on any atom is -0.387 e. The van der Waals surface area contributed by atoms with Crippen LogP contribution in [0, 0.1) is 29.5 Å². The highest BCUT2D eigenvalue weighted by Gasteiger charge is 2.34. The van der Waals surface area contributed by atoms with E-state index in [4.69, 9.17) is 5.26 Å². The summed E-state index contributed by atoms with van der Waals surface area (Å²) in [7, 11) is 0. The Morgan fingerprint density at radius 1 is 1.56 bits per heavy atom. The first-order valence-corrected chi connectivity index (χ1v) is 5.30. The zero-order valence-electron chi connectivity index (χ0n) is 9.79. The molecule has 86 valence electrons. The van der Waals surface area contributed by atoms with Crippen molar-refractivity contribution in [2.24, 2.45) is 5.41 Å². The maximum Gasteiger partial charge on any atom is 0.129 e. The van der Waals surface area contributed by atoms with Crippen molar-refractivity contribution in [1.82, 2.24) is 0 Å². The average molecular weight is 221 g/mol. The summed E-state index contributed by atoms with van der Waals surface area (Å²) >= 11 is 0. The summed E-state index contributed by atoms with van der Waals surface area (Å²) in [5.41, 5.74) is 0.118. The fourth-order valence-electron chi connectivity index (χ4n) is 1.55. The number of hydrogen-bond donors (Lipinski definition) is 1. The van der Waals surface area contributed by atoms with E-state index in [1.54, 1.807) is 26.0 Å². The highest BCUT2D eigenvalue weighted by atomic mass is 19.1. The van der Waals surface area contributed by atoms with Gasteiger partial charge in [-0.05, 0) is 26.3 Å². The summed E-state index contributed by atoms with van der Waals surface area (Å²) in [4.78, 5) is 0. The van der Waals surface area contributed by atoms with Crippen LogP contribution in [-0.2, 0) is 0 Å². The standard InChI is InChI=1S/C13H16FNO/c1-4-13(3,8-15)12(16)10-7-9(2)5-6-11(10)14/h5-7,12,16H,4H2,1-3H3. The van der Waals surface area contributed by atoms with Crippen molar-refractivity contribution in [3.8, 4) is 6.07 Å². The molecule has 0 aliphatic heterocycles. The van der Waals surface area contributed by atoms with Gasteiger partial charge in [-0.25, -0.2) is 4.39 Å². The Morgan fingerprint density at radius 3 is 2.69 bits per heavy atom. The van der Waals surface area contributed by atoms with Crippen LogP contribution in [0.15, 0.2) is 18.2 Å². The van der Waals surface area contributed by atoms with Crippen molar-refractivity contribution in [3.05, 3.63) is 35.1 Å². The molecule has 16 heavy (non-hydrogen) atoms. The van der Waals surface area contributed by atoms with Gasteiger partial charge in [0.25, 0.3) is 0 Å². The highest BCUT2D eigenvalue weighted by molar-refractivity contribution is 5.28. The Morgan fingerprint density at radius 2 is 2.19 bits per heavy atom. The molecule has 2 nitrogen and oxygen atoms in total. The summed E-state index contributed by atoms with van der Waals surface area (Å²) < 4.78 is 13.6. The predicted octanol–water partition coefficient (Wildman–Crippen LogP) is 3.11. The number of aryl methyl sites for hydroxylation is 1. The van der Waals surface area contributed by atoms with Crippen LogP contribution >= 0.6 is 0 Å². The maximum atomic E-state index is 13.6. The molecule has 1 N–H and O–H groups in total. The molecule has 2 atom stereocenters. The molecular formula is C13H16FNO. The van der Waals surface area contributed by atoms with Crippen molar-refractivity contribution < 1.29 is 9.50 Å². The Balaban J connectivity index is 3.19. The smallest absolute Gasteiger partial charge is 0.129 e. The fraction of sp³-hybridized carbons (Fsp3) is 0.462. The van der Waals surface area contributed by atoms with E-state index in [1.165, 1.54) is 6.07 Å². The van der Waals surface area contributed by atoms with E-state index in [0.29, 0.717) is 6.42 Å². The minimum atomic E-state index is -1.10. The molecule has 0 aromatic heterocycles. The summed E-state index contributed by atoms with van der Waals surface area (Å²) in [5.74, 6) is -0.465. The van der Waals surface area contributed by atoms with Gasteiger partial charge in [0, 0.05) is 5.56 Å². The number of benzene rings is 1. The van der Waals surface area contributed by atoms with Gasteiger partial charge in [-0.2, -0.15) is 5.26 Å². The molecular weight excluding hydrogens is 205 g/mol. The van der Waals surface area contributed by atoms with Crippen molar-refractivity contribution >= 4 is 0 Å². The second kappa shape index (κ2) is 4.63. The number of halogens is 1. The Bertz CT molecular complexity index is 424. The van der Waals surface area contributed by atoms with E-state index >= 15 is 0 Å². The number of rotatable bonds is 3. The van der Waals surface area contributed by atoms with E-state index in [1.807, 2.05) is 6.92 Å². The van der Waals surface area contributed by atoms with Gasteiger partial charge in [-0.1, -0.05) is 24.6 Å². The molecule has 1 aromatic rings. The lowest BCUT2D eigenvalue weighted by atomic mass is 9.79. The van der Waals surface area contributed by atoms with Gasteiger partial charge in [0.15, 0.2) is 0 Å². The van der Waals surface area contributed by atoms with Crippen LogP contribution in [0.3, 0.4) is 0 Å². The van der Waals surface area contributed by atoms with E-state index in [0.717, 1.165) is 5.56 Å². The number of aliphatic hydroxyl groups is 1. The summed E-state index contributed by atoms with van der Waals surface area (Å²) in [5, 5.41) is 19.1. The lowest BCUT2D eigenvalue weighted by molar-refractivity contribution is 0.0689.